The van der Waals surface area contributed by atoms with Crippen molar-refractivity contribution in [2.75, 3.05) is 11.3 Å². The van der Waals surface area contributed by atoms with Crippen molar-refractivity contribution in [3.63, 3.8) is 0 Å². The number of nitrogens with one attached hydrogen (secondary N) is 2. The fraction of sp³-hybridized carbons (Fsp3) is 0.259. The maximum absolute atomic E-state index is 13.3. The number of amides is 1. The van der Waals surface area contributed by atoms with Crippen molar-refractivity contribution in [1.82, 2.24) is 5.32 Å². The summed E-state index contributed by atoms with van der Waals surface area (Å²) in [7, 11) is -9.01. The van der Waals surface area contributed by atoms with Gasteiger partial charge in [-0.05, 0) is 74.9 Å². The summed E-state index contributed by atoms with van der Waals surface area (Å²) < 4.78 is 99.6. The summed E-state index contributed by atoms with van der Waals surface area (Å²) in [5.41, 5.74) is -2.26. The second-order valence-corrected chi connectivity index (χ2v) is 14.6. The molecule has 0 saturated carbocycles. The number of carbonyl (C=O) groups is 2. The SMILES string of the molecule is CC(C)(C)OC(=O)CNC(=O)c1ccc(CS(=O)(=O)c2ccc(Cl)cc2NS(=O)(=O)c2ccc(Cl)c(C(F)(F)F)c2)cc1. The van der Waals surface area contributed by atoms with Crippen LogP contribution in [0.25, 0.3) is 0 Å². The summed E-state index contributed by atoms with van der Waals surface area (Å²) in [6, 6.07) is 10.6. The molecule has 9 nitrogen and oxygen atoms in total. The van der Waals surface area contributed by atoms with Crippen LogP contribution in [0.15, 0.2) is 70.5 Å². The van der Waals surface area contributed by atoms with Crippen molar-refractivity contribution in [1.29, 1.82) is 0 Å². The molecule has 0 heterocycles. The molecule has 0 bridgehead atoms. The number of hydrogen-bond acceptors (Lipinski definition) is 7. The number of halogens is 5. The smallest absolute Gasteiger partial charge is 0.417 e. The van der Waals surface area contributed by atoms with Crippen LogP contribution in [0.4, 0.5) is 18.9 Å². The van der Waals surface area contributed by atoms with E-state index in [9.17, 15) is 39.6 Å². The van der Waals surface area contributed by atoms with E-state index in [4.69, 9.17) is 27.9 Å². The molecular formula is C27H25Cl2F3N2O7S2. The molecule has 0 saturated heterocycles. The standard InChI is InChI=1S/C27H25Cl2F3N2O7S2/c1-26(2,3)41-24(35)14-33-25(36)17-6-4-16(5-7-17)15-42(37,38)23-11-8-18(28)12-22(23)34-43(39,40)19-9-10-21(29)20(13-19)27(30,31)32/h4-13,34H,14-15H2,1-3H3,(H,33,36). The molecule has 0 spiro atoms. The van der Waals surface area contributed by atoms with Gasteiger partial charge >= 0.3 is 12.1 Å². The normalized spacial score (nSPS) is 12.5. The van der Waals surface area contributed by atoms with Gasteiger partial charge in [-0.15, -0.1) is 0 Å². The second-order valence-electron chi connectivity index (χ2n) is 10.1. The molecule has 1 amide bonds. The Morgan fingerprint density at radius 1 is 0.884 bits per heavy atom. The quantitative estimate of drug-likeness (QED) is 0.270. The maximum atomic E-state index is 13.3. The highest BCUT2D eigenvalue weighted by atomic mass is 35.5. The highest BCUT2D eigenvalue weighted by molar-refractivity contribution is 7.93. The molecule has 0 radical (unpaired) electrons. The first-order chi connectivity index (χ1) is 19.7. The molecule has 0 aliphatic carbocycles. The Kier molecular flexibility index (Phi) is 10.1. The van der Waals surface area contributed by atoms with Crippen molar-refractivity contribution in [3.05, 3.63) is 87.4 Å². The molecular weight excluding hydrogens is 656 g/mol. The van der Waals surface area contributed by atoms with Gasteiger partial charge in [0.15, 0.2) is 9.84 Å². The van der Waals surface area contributed by atoms with Gasteiger partial charge in [-0.25, -0.2) is 16.8 Å². The molecule has 43 heavy (non-hydrogen) atoms. The average Bonchev–Trinajstić information content (AvgIpc) is 2.85. The minimum atomic E-state index is -4.94. The third-order valence-electron chi connectivity index (χ3n) is 5.46. The van der Waals surface area contributed by atoms with E-state index in [-0.39, 0.29) is 22.7 Å². The lowest BCUT2D eigenvalue weighted by Crippen LogP contribution is -2.34. The lowest BCUT2D eigenvalue weighted by molar-refractivity contribution is -0.153. The first kappa shape index (κ1) is 34.2. The van der Waals surface area contributed by atoms with Gasteiger partial charge in [-0.3, -0.25) is 14.3 Å². The summed E-state index contributed by atoms with van der Waals surface area (Å²) in [6.07, 6.45) is -4.94. The molecule has 2 N–H and O–H groups in total. The number of sulfone groups is 1. The number of carbonyl (C=O) groups excluding carboxylic acids is 2. The van der Waals surface area contributed by atoms with E-state index >= 15 is 0 Å². The van der Waals surface area contributed by atoms with Crippen molar-refractivity contribution in [2.45, 2.75) is 48.1 Å². The number of sulfonamides is 1. The Balaban J connectivity index is 1.82. The molecule has 232 valence electrons. The summed E-state index contributed by atoms with van der Waals surface area (Å²) in [4.78, 5) is 22.9. The summed E-state index contributed by atoms with van der Waals surface area (Å²) in [5.74, 6) is -1.89. The van der Waals surface area contributed by atoms with Crippen molar-refractivity contribution in [2.24, 2.45) is 0 Å². The highest BCUT2D eigenvalue weighted by Crippen LogP contribution is 2.37. The molecule has 0 unspecified atom stereocenters. The van der Waals surface area contributed by atoms with E-state index in [2.05, 4.69) is 5.32 Å². The van der Waals surface area contributed by atoms with Gasteiger partial charge in [0.05, 0.1) is 31.8 Å². The van der Waals surface area contributed by atoms with E-state index < -0.39 is 75.3 Å². The molecule has 3 rings (SSSR count). The van der Waals surface area contributed by atoms with Crippen LogP contribution < -0.4 is 10.0 Å². The van der Waals surface area contributed by atoms with Gasteiger partial charge in [0.25, 0.3) is 15.9 Å². The predicted octanol–water partition coefficient (Wildman–Crippen LogP) is 5.86. The Labute approximate surface area is 256 Å². The van der Waals surface area contributed by atoms with E-state index in [0.29, 0.717) is 6.07 Å². The van der Waals surface area contributed by atoms with Crippen LogP contribution in [0, 0.1) is 0 Å². The third-order valence-corrected chi connectivity index (χ3v) is 9.13. The van der Waals surface area contributed by atoms with Gasteiger partial charge in [-0.1, -0.05) is 35.3 Å². The lowest BCUT2D eigenvalue weighted by atomic mass is 10.1. The molecule has 0 aliphatic rings. The number of esters is 1. The van der Waals surface area contributed by atoms with Gasteiger partial charge in [0, 0.05) is 10.6 Å². The molecule has 0 aromatic heterocycles. The number of benzene rings is 3. The van der Waals surface area contributed by atoms with Gasteiger partial charge < -0.3 is 10.1 Å². The second kappa shape index (κ2) is 12.7. The minimum absolute atomic E-state index is 0.0505. The number of rotatable bonds is 9. The molecule has 3 aromatic rings. The van der Waals surface area contributed by atoms with Crippen molar-refractivity contribution < 1.29 is 44.3 Å². The first-order valence-corrected chi connectivity index (χ1v) is 16.1. The van der Waals surface area contributed by atoms with E-state index in [1.54, 1.807) is 20.8 Å². The fourth-order valence-corrected chi connectivity index (χ4v) is 6.69. The first-order valence-electron chi connectivity index (χ1n) is 12.2. The van der Waals surface area contributed by atoms with E-state index in [1.165, 1.54) is 30.3 Å². The molecule has 3 aromatic carbocycles. The molecule has 0 fully saturated rings. The van der Waals surface area contributed by atoms with Crippen LogP contribution in [0.5, 0.6) is 0 Å². The predicted molar refractivity (Wildman–Crippen MR) is 154 cm³/mol. The lowest BCUT2D eigenvalue weighted by Gasteiger charge is -2.19. The Morgan fingerprint density at radius 2 is 1.51 bits per heavy atom. The highest BCUT2D eigenvalue weighted by Gasteiger charge is 2.35. The monoisotopic (exact) mass is 680 g/mol. The van der Waals surface area contributed by atoms with E-state index in [0.717, 1.165) is 24.3 Å². The third kappa shape index (κ3) is 9.33. The van der Waals surface area contributed by atoms with Crippen LogP contribution >= 0.6 is 23.2 Å². The zero-order chi connectivity index (χ0) is 32.4. The van der Waals surface area contributed by atoms with Crippen LogP contribution in [0.1, 0.15) is 42.3 Å². The number of hydrogen-bond donors (Lipinski definition) is 2. The molecule has 0 atom stereocenters. The van der Waals surface area contributed by atoms with Crippen LogP contribution in [-0.4, -0.2) is 40.9 Å². The van der Waals surface area contributed by atoms with Gasteiger partial charge in [0.1, 0.15) is 12.1 Å². The minimum Gasteiger partial charge on any atom is -0.459 e. The molecule has 0 aliphatic heterocycles. The largest absolute Gasteiger partial charge is 0.459 e. The van der Waals surface area contributed by atoms with Crippen molar-refractivity contribution in [3.8, 4) is 0 Å². The summed E-state index contributed by atoms with van der Waals surface area (Å²) in [5, 5.41) is 1.63. The van der Waals surface area contributed by atoms with Crippen LogP contribution in [-0.2, 0) is 41.3 Å². The fourth-order valence-electron chi connectivity index (χ4n) is 3.63. The number of ether oxygens (including phenoxy) is 1. The van der Waals surface area contributed by atoms with Crippen LogP contribution in [0.3, 0.4) is 0 Å². The van der Waals surface area contributed by atoms with Gasteiger partial charge in [-0.2, -0.15) is 13.2 Å². The zero-order valence-electron chi connectivity index (χ0n) is 22.8. The number of anilines is 1. The molecule has 16 heteroatoms. The zero-order valence-corrected chi connectivity index (χ0v) is 25.9. The Bertz CT molecular complexity index is 1760. The summed E-state index contributed by atoms with van der Waals surface area (Å²) in [6.45, 7) is 4.64. The van der Waals surface area contributed by atoms with Gasteiger partial charge in [0.2, 0.25) is 0 Å². The van der Waals surface area contributed by atoms with E-state index in [1.807, 2.05) is 4.72 Å². The van der Waals surface area contributed by atoms with Crippen molar-refractivity contribution >= 4 is 60.6 Å². The topological polar surface area (TPSA) is 136 Å². The average molecular weight is 682 g/mol. The Morgan fingerprint density at radius 3 is 2.09 bits per heavy atom. The van der Waals surface area contributed by atoms with Crippen LogP contribution in [0.2, 0.25) is 10.0 Å². The maximum Gasteiger partial charge on any atom is 0.417 e. The Hall–Kier alpha value is -3.33. The summed E-state index contributed by atoms with van der Waals surface area (Å²) >= 11 is 11.5. The number of alkyl halides is 3.